The molecule has 1 N–H and O–H groups in total. The zero-order chi connectivity index (χ0) is 18.9. The summed E-state index contributed by atoms with van der Waals surface area (Å²) in [4.78, 5) is 16.3. The van der Waals surface area contributed by atoms with E-state index in [-0.39, 0.29) is 24.1 Å². The Kier molecular flexibility index (Phi) is 10.6. The van der Waals surface area contributed by atoms with Crippen molar-refractivity contribution >= 4 is 18.3 Å². The molecule has 0 aliphatic carbocycles. The van der Waals surface area contributed by atoms with Gasteiger partial charge in [-0.3, -0.25) is 9.69 Å². The van der Waals surface area contributed by atoms with Crippen LogP contribution < -0.4 is 10.1 Å². The zero-order valence-electron chi connectivity index (χ0n) is 16.0. The lowest BCUT2D eigenvalue weighted by Crippen LogP contribution is -2.42. The number of amides is 1. The lowest BCUT2D eigenvalue weighted by atomic mass is 9.93. The topological polar surface area (TPSA) is 44.8 Å². The quantitative estimate of drug-likeness (QED) is 0.686. The van der Waals surface area contributed by atoms with Gasteiger partial charge >= 0.3 is 6.61 Å². The van der Waals surface area contributed by atoms with Crippen molar-refractivity contribution in [2.75, 3.05) is 40.3 Å². The normalized spacial score (nSPS) is 15.4. The van der Waals surface area contributed by atoms with Crippen LogP contribution in [0, 0.1) is 5.92 Å². The first kappa shape index (κ1) is 23.6. The summed E-state index contributed by atoms with van der Waals surface area (Å²) in [5.74, 6) is 0.950. The minimum absolute atomic E-state index is 0. The van der Waals surface area contributed by atoms with E-state index in [1.165, 1.54) is 18.6 Å². The molecule has 1 aliphatic heterocycles. The maximum absolute atomic E-state index is 12.4. The van der Waals surface area contributed by atoms with Gasteiger partial charge in [-0.15, -0.1) is 12.4 Å². The Morgan fingerprint density at radius 2 is 1.93 bits per heavy atom. The van der Waals surface area contributed by atoms with Crippen molar-refractivity contribution in [2.24, 2.45) is 5.92 Å². The summed E-state index contributed by atoms with van der Waals surface area (Å²) in [6.07, 6.45) is 3.48. The van der Waals surface area contributed by atoms with Gasteiger partial charge in [0.25, 0.3) is 0 Å². The first-order valence-corrected chi connectivity index (χ1v) is 9.12. The van der Waals surface area contributed by atoms with Crippen LogP contribution in [0.4, 0.5) is 8.78 Å². The van der Waals surface area contributed by atoms with E-state index >= 15 is 0 Å². The van der Waals surface area contributed by atoms with Crippen molar-refractivity contribution < 1.29 is 18.3 Å². The Bertz CT molecular complexity index is 552. The van der Waals surface area contributed by atoms with E-state index in [9.17, 15) is 13.6 Å². The molecule has 2 rings (SSSR count). The van der Waals surface area contributed by atoms with Gasteiger partial charge in [-0.1, -0.05) is 12.1 Å². The predicted octanol–water partition coefficient (Wildman–Crippen LogP) is 2.99. The van der Waals surface area contributed by atoms with Crippen LogP contribution in [0.2, 0.25) is 0 Å². The fourth-order valence-corrected chi connectivity index (χ4v) is 3.23. The van der Waals surface area contributed by atoms with Gasteiger partial charge in [0.15, 0.2) is 0 Å². The number of piperidine rings is 1. The van der Waals surface area contributed by atoms with Gasteiger partial charge in [0.05, 0.1) is 6.54 Å². The Morgan fingerprint density at radius 3 is 2.48 bits per heavy atom. The van der Waals surface area contributed by atoms with E-state index in [0.717, 1.165) is 44.0 Å². The molecule has 1 heterocycles. The number of carbonyl (C=O) groups excluding carboxylic acids is 1. The number of carbonyl (C=O) groups is 1. The van der Waals surface area contributed by atoms with Crippen LogP contribution >= 0.6 is 12.4 Å². The Hall–Kier alpha value is -1.44. The number of hydrogen-bond donors (Lipinski definition) is 1. The molecule has 5 nitrogen and oxygen atoms in total. The van der Waals surface area contributed by atoms with Crippen molar-refractivity contribution in [3.8, 4) is 5.75 Å². The van der Waals surface area contributed by atoms with Gasteiger partial charge in [-0.05, 0) is 69.6 Å². The molecule has 0 aromatic heterocycles. The molecule has 1 aromatic rings. The monoisotopic (exact) mass is 405 g/mol. The lowest BCUT2D eigenvalue weighted by molar-refractivity contribution is -0.132. The summed E-state index contributed by atoms with van der Waals surface area (Å²) in [5, 5.41) is 3.19. The van der Waals surface area contributed by atoms with Crippen LogP contribution in [-0.2, 0) is 11.3 Å². The van der Waals surface area contributed by atoms with Crippen LogP contribution in [0.1, 0.15) is 24.8 Å². The standard InChI is InChI=1S/C19H29F2N3O2.ClH/c1-22-10-7-15-8-11-24(12-9-15)14-18(25)23(2)13-16-3-5-17(6-4-16)26-19(20)21;/h3-6,15,19,22H,7-14H2,1-2H3;1H. The van der Waals surface area contributed by atoms with Gasteiger partial charge in [0.1, 0.15) is 5.75 Å². The number of likely N-dealkylation sites (tertiary alicyclic amines) is 1. The Labute approximate surface area is 166 Å². The van der Waals surface area contributed by atoms with Crippen LogP contribution in [0.25, 0.3) is 0 Å². The number of halogens is 3. The third-order valence-corrected chi connectivity index (χ3v) is 4.86. The molecule has 1 aromatic carbocycles. The second kappa shape index (κ2) is 12.1. The third kappa shape index (κ3) is 8.41. The second-order valence-electron chi connectivity index (χ2n) is 6.88. The van der Waals surface area contributed by atoms with Crippen molar-refractivity contribution in [3.05, 3.63) is 29.8 Å². The highest BCUT2D eigenvalue weighted by Crippen LogP contribution is 2.20. The van der Waals surface area contributed by atoms with E-state index in [2.05, 4.69) is 15.0 Å². The number of benzene rings is 1. The summed E-state index contributed by atoms with van der Waals surface area (Å²) in [7, 11) is 3.74. The van der Waals surface area contributed by atoms with E-state index < -0.39 is 6.61 Å². The highest BCUT2D eigenvalue weighted by atomic mass is 35.5. The fraction of sp³-hybridized carbons (Fsp3) is 0.632. The first-order chi connectivity index (χ1) is 12.5. The second-order valence-corrected chi connectivity index (χ2v) is 6.88. The van der Waals surface area contributed by atoms with E-state index in [0.29, 0.717) is 13.1 Å². The van der Waals surface area contributed by atoms with Crippen molar-refractivity contribution in [3.63, 3.8) is 0 Å². The molecule has 0 bridgehead atoms. The predicted molar refractivity (Wildman–Crippen MR) is 105 cm³/mol. The fourth-order valence-electron chi connectivity index (χ4n) is 3.23. The molecule has 0 radical (unpaired) electrons. The molecular weight excluding hydrogens is 376 g/mol. The number of rotatable bonds is 9. The molecule has 1 fully saturated rings. The molecule has 27 heavy (non-hydrogen) atoms. The van der Waals surface area contributed by atoms with Gasteiger partial charge in [0.2, 0.25) is 5.91 Å². The number of alkyl halides is 2. The maximum Gasteiger partial charge on any atom is 0.387 e. The molecule has 8 heteroatoms. The Balaban J connectivity index is 0.00000364. The van der Waals surface area contributed by atoms with Crippen molar-refractivity contribution in [2.45, 2.75) is 32.4 Å². The number of nitrogens with one attached hydrogen (secondary N) is 1. The summed E-state index contributed by atoms with van der Waals surface area (Å²) in [6, 6.07) is 6.40. The average molecular weight is 406 g/mol. The summed E-state index contributed by atoms with van der Waals surface area (Å²) in [6.45, 7) is 1.04. The summed E-state index contributed by atoms with van der Waals surface area (Å²) < 4.78 is 28.7. The number of ether oxygens (including phenoxy) is 1. The number of nitrogens with zero attached hydrogens (tertiary/aromatic N) is 2. The van der Waals surface area contributed by atoms with Gasteiger partial charge in [0, 0.05) is 13.6 Å². The minimum Gasteiger partial charge on any atom is -0.435 e. The van der Waals surface area contributed by atoms with Crippen LogP contribution in [-0.4, -0.2) is 62.6 Å². The van der Waals surface area contributed by atoms with Gasteiger partial charge < -0.3 is 15.0 Å². The molecule has 0 spiro atoms. The summed E-state index contributed by atoms with van der Waals surface area (Å²) >= 11 is 0. The molecular formula is C19H30ClF2N3O2. The smallest absolute Gasteiger partial charge is 0.387 e. The molecule has 1 aliphatic rings. The van der Waals surface area contributed by atoms with E-state index in [1.807, 2.05) is 7.05 Å². The molecule has 1 saturated heterocycles. The van der Waals surface area contributed by atoms with Crippen LogP contribution in [0.5, 0.6) is 5.75 Å². The summed E-state index contributed by atoms with van der Waals surface area (Å²) in [5.41, 5.74) is 0.883. The molecule has 154 valence electrons. The number of likely N-dealkylation sites (N-methyl/N-ethyl adjacent to an activating group) is 1. The average Bonchev–Trinajstić information content (AvgIpc) is 2.62. The highest BCUT2D eigenvalue weighted by Gasteiger charge is 2.21. The first-order valence-electron chi connectivity index (χ1n) is 9.12. The third-order valence-electron chi connectivity index (χ3n) is 4.86. The van der Waals surface area contributed by atoms with Crippen molar-refractivity contribution in [1.29, 1.82) is 0 Å². The van der Waals surface area contributed by atoms with Crippen molar-refractivity contribution in [1.82, 2.24) is 15.1 Å². The zero-order valence-corrected chi connectivity index (χ0v) is 16.8. The van der Waals surface area contributed by atoms with Gasteiger partial charge in [-0.25, -0.2) is 0 Å². The van der Waals surface area contributed by atoms with Crippen LogP contribution in [0.15, 0.2) is 24.3 Å². The maximum atomic E-state index is 12.4. The van der Waals surface area contributed by atoms with E-state index in [4.69, 9.17) is 0 Å². The Morgan fingerprint density at radius 1 is 1.30 bits per heavy atom. The minimum atomic E-state index is -2.83. The molecule has 0 unspecified atom stereocenters. The van der Waals surface area contributed by atoms with Gasteiger partial charge in [-0.2, -0.15) is 8.78 Å². The molecule has 0 saturated carbocycles. The number of hydrogen-bond acceptors (Lipinski definition) is 4. The SMILES string of the molecule is CNCCC1CCN(CC(=O)N(C)Cc2ccc(OC(F)F)cc2)CC1.Cl. The molecule has 0 atom stereocenters. The van der Waals surface area contributed by atoms with Crippen LogP contribution in [0.3, 0.4) is 0 Å². The molecule has 1 amide bonds. The van der Waals surface area contributed by atoms with E-state index in [1.54, 1.807) is 24.1 Å². The largest absolute Gasteiger partial charge is 0.435 e. The lowest BCUT2D eigenvalue weighted by Gasteiger charge is -2.32. The highest BCUT2D eigenvalue weighted by molar-refractivity contribution is 5.85.